The second kappa shape index (κ2) is 5.03. The molecule has 2 fully saturated rings. The lowest BCUT2D eigenvalue weighted by Crippen LogP contribution is -2.47. The van der Waals surface area contributed by atoms with Crippen molar-refractivity contribution in [1.82, 2.24) is 4.90 Å². The molecule has 1 spiro atoms. The average molecular weight is 280 g/mol. The minimum atomic E-state index is -0.544. The van der Waals surface area contributed by atoms with Crippen LogP contribution in [0.2, 0.25) is 0 Å². The van der Waals surface area contributed by atoms with Gasteiger partial charge in [0.25, 0.3) is 5.91 Å². The van der Waals surface area contributed by atoms with Crippen LogP contribution in [0.4, 0.5) is 10.1 Å². The Hall–Kier alpha value is -1.66. The van der Waals surface area contributed by atoms with E-state index in [2.05, 4.69) is 0 Å². The molecule has 2 heterocycles. The largest absolute Gasteiger partial charge is 0.399 e. The van der Waals surface area contributed by atoms with Crippen molar-refractivity contribution in [3.63, 3.8) is 0 Å². The predicted octanol–water partition coefficient (Wildman–Crippen LogP) is 1.39. The maximum atomic E-state index is 13.7. The third kappa shape index (κ3) is 2.36. The fraction of sp³-hybridized carbons (Fsp3) is 0.500. The number of amides is 1. The van der Waals surface area contributed by atoms with Gasteiger partial charge in [-0.15, -0.1) is 0 Å². The van der Waals surface area contributed by atoms with Gasteiger partial charge in [-0.25, -0.2) is 4.39 Å². The molecule has 3 rings (SSSR count). The van der Waals surface area contributed by atoms with Crippen LogP contribution in [0.25, 0.3) is 0 Å². The van der Waals surface area contributed by atoms with Crippen LogP contribution >= 0.6 is 0 Å². The zero-order valence-corrected chi connectivity index (χ0v) is 11.1. The molecule has 108 valence electrons. The summed E-state index contributed by atoms with van der Waals surface area (Å²) < 4.78 is 24.9. The Morgan fingerprint density at radius 1 is 1.25 bits per heavy atom. The summed E-state index contributed by atoms with van der Waals surface area (Å²) in [6.45, 7) is 2.18. The number of benzene rings is 1. The molecule has 0 radical (unpaired) electrons. The van der Waals surface area contributed by atoms with Crippen molar-refractivity contribution in [3.05, 3.63) is 29.6 Å². The van der Waals surface area contributed by atoms with E-state index in [-0.39, 0.29) is 11.5 Å². The molecule has 2 aliphatic heterocycles. The number of halogens is 1. The molecule has 1 aromatic carbocycles. The molecule has 6 heteroatoms. The van der Waals surface area contributed by atoms with E-state index < -0.39 is 11.6 Å². The number of carbonyl (C=O) groups is 1. The molecule has 0 atom stereocenters. The second-order valence-corrected chi connectivity index (χ2v) is 5.14. The number of piperidine rings is 1. The van der Waals surface area contributed by atoms with Gasteiger partial charge in [-0.05, 0) is 18.2 Å². The van der Waals surface area contributed by atoms with Gasteiger partial charge in [0, 0.05) is 31.6 Å². The summed E-state index contributed by atoms with van der Waals surface area (Å²) in [6.07, 6.45) is 1.23. The van der Waals surface area contributed by atoms with Gasteiger partial charge in [0.15, 0.2) is 5.79 Å². The summed E-state index contributed by atoms with van der Waals surface area (Å²) in [4.78, 5) is 13.9. The first-order valence-corrected chi connectivity index (χ1v) is 6.72. The number of rotatable bonds is 1. The highest BCUT2D eigenvalue weighted by atomic mass is 19.1. The van der Waals surface area contributed by atoms with Crippen molar-refractivity contribution in [2.24, 2.45) is 0 Å². The summed E-state index contributed by atoms with van der Waals surface area (Å²) >= 11 is 0. The number of hydrogen-bond acceptors (Lipinski definition) is 4. The number of nitrogen functional groups attached to an aromatic ring is 1. The monoisotopic (exact) mass is 280 g/mol. The van der Waals surface area contributed by atoms with Crippen LogP contribution in [0.1, 0.15) is 23.2 Å². The minimum absolute atomic E-state index is 0.0224. The molecular weight excluding hydrogens is 263 g/mol. The van der Waals surface area contributed by atoms with E-state index in [0.29, 0.717) is 44.8 Å². The number of ether oxygens (including phenoxy) is 2. The van der Waals surface area contributed by atoms with E-state index >= 15 is 0 Å². The summed E-state index contributed by atoms with van der Waals surface area (Å²) in [5.41, 5.74) is 6.01. The standard InChI is InChI=1S/C14H17FN2O3/c15-12-2-1-10(16)9-11(12)13(18)17-5-3-14(4-6-17)19-7-8-20-14/h1-2,9H,3-8,16H2. The quantitative estimate of drug-likeness (QED) is 0.789. The van der Waals surface area contributed by atoms with Crippen molar-refractivity contribution < 1.29 is 18.7 Å². The highest BCUT2D eigenvalue weighted by Gasteiger charge is 2.41. The predicted molar refractivity (Wildman–Crippen MR) is 70.6 cm³/mol. The Bertz CT molecular complexity index is 519. The molecule has 0 saturated carbocycles. The Balaban J connectivity index is 1.71. The van der Waals surface area contributed by atoms with Crippen LogP contribution in [-0.4, -0.2) is 42.9 Å². The van der Waals surface area contributed by atoms with Gasteiger partial charge in [0.1, 0.15) is 5.82 Å². The number of carbonyl (C=O) groups excluding carboxylic acids is 1. The highest BCUT2D eigenvalue weighted by Crippen LogP contribution is 2.32. The number of hydrogen-bond donors (Lipinski definition) is 1. The fourth-order valence-corrected chi connectivity index (χ4v) is 2.71. The highest BCUT2D eigenvalue weighted by molar-refractivity contribution is 5.95. The molecule has 0 bridgehead atoms. The number of anilines is 1. The Kier molecular flexibility index (Phi) is 3.35. The topological polar surface area (TPSA) is 64.8 Å². The van der Waals surface area contributed by atoms with Crippen molar-refractivity contribution in [3.8, 4) is 0 Å². The zero-order chi connectivity index (χ0) is 14.2. The van der Waals surface area contributed by atoms with Crippen molar-refractivity contribution in [2.75, 3.05) is 32.0 Å². The molecular formula is C14H17FN2O3. The molecule has 1 amide bonds. The van der Waals surface area contributed by atoms with Crippen LogP contribution in [-0.2, 0) is 9.47 Å². The lowest BCUT2D eigenvalue weighted by atomic mass is 10.0. The van der Waals surface area contributed by atoms with Gasteiger partial charge in [0.05, 0.1) is 18.8 Å². The smallest absolute Gasteiger partial charge is 0.256 e. The van der Waals surface area contributed by atoms with Gasteiger partial charge in [-0.2, -0.15) is 0 Å². The fourth-order valence-electron chi connectivity index (χ4n) is 2.71. The van der Waals surface area contributed by atoms with Crippen LogP contribution in [0.5, 0.6) is 0 Å². The van der Waals surface area contributed by atoms with Crippen LogP contribution in [0.15, 0.2) is 18.2 Å². The molecule has 5 nitrogen and oxygen atoms in total. The molecule has 2 saturated heterocycles. The van der Waals surface area contributed by atoms with E-state index in [9.17, 15) is 9.18 Å². The number of nitrogens with zero attached hydrogens (tertiary/aromatic N) is 1. The molecule has 2 aliphatic rings. The molecule has 0 aliphatic carbocycles. The zero-order valence-electron chi connectivity index (χ0n) is 11.1. The average Bonchev–Trinajstić information content (AvgIpc) is 2.90. The molecule has 1 aromatic rings. The maximum absolute atomic E-state index is 13.7. The summed E-state index contributed by atoms with van der Waals surface area (Å²) in [7, 11) is 0. The van der Waals surface area contributed by atoms with Crippen LogP contribution in [0, 0.1) is 5.82 Å². The molecule has 0 unspecified atom stereocenters. The van der Waals surface area contributed by atoms with Gasteiger partial charge >= 0.3 is 0 Å². The molecule has 2 N–H and O–H groups in total. The van der Waals surface area contributed by atoms with Gasteiger partial charge < -0.3 is 20.1 Å². The van der Waals surface area contributed by atoms with E-state index in [1.807, 2.05) is 0 Å². The first-order valence-electron chi connectivity index (χ1n) is 6.72. The van der Waals surface area contributed by atoms with Crippen molar-refractivity contribution in [1.29, 1.82) is 0 Å². The normalized spacial score (nSPS) is 21.4. The van der Waals surface area contributed by atoms with Gasteiger partial charge in [-0.1, -0.05) is 0 Å². The molecule has 20 heavy (non-hydrogen) atoms. The lowest BCUT2D eigenvalue weighted by Gasteiger charge is -2.37. The van der Waals surface area contributed by atoms with E-state index in [1.54, 1.807) is 4.90 Å². The van der Waals surface area contributed by atoms with Gasteiger partial charge in [-0.3, -0.25) is 4.79 Å². The summed E-state index contributed by atoms with van der Waals surface area (Å²) in [6, 6.07) is 4.04. The van der Waals surface area contributed by atoms with Crippen molar-refractivity contribution in [2.45, 2.75) is 18.6 Å². The summed E-state index contributed by atoms with van der Waals surface area (Å²) in [5, 5.41) is 0. The number of likely N-dealkylation sites (tertiary alicyclic amines) is 1. The van der Waals surface area contributed by atoms with E-state index in [4.69, 9.17) is 15.2 Å². The van der Waals surface area contributed by atoms with E-state index in [0.717, 1.165) is 0 Å². The second-order valence-electron chi connectivity index (χ2n) is 5.14. The van der Waals surface area contributed by atoms with Crippen LogP contribution < -0.4 is 5.73 Å². The van der Waals surface area contributed by atoms with E-state index in [1.165, 1.54) is 18.2 Å². The van der Waals surface area contributed by atoms with Crippen molar-refractivity contribution >= 4 is 11.6 Å². The number of nitrogens with two attached hydrogens (primary N) is 1. The Morgan fingerprint density at radius 2 is 1.90 bits per heavy atom. The first-order chi connectivity index (χ1) is 9.60. The van der Waals surface area contributed by atoms with Crippen LogP contribution in [0.3, 0.4) is 0 Å². The maximum Gasteiger partial charge on any atom is 0.256 e. The third-order valence-corrected chi connectivity index (χ3v) is 3.85. The molecule has 0 aromatic heterocycles. The summed E-state index contributed by atoms with van der Waals surface area (Å²) in [5.74, 6) is -1.41. The SMILES string of the molecule is Nc1ccc(F)c(C(=O)N2CCC3(CC2)OCCO3)c1. The third-order valence-electron chi connectivity index (χ3n) is 3.85. The first kappa shape index (κ1) is 13.3. The Morgan fingerprint density at radius 3 is 2.55 bits per heavy atom. The lowest BCUT2D eigenvalue weighted by molar-refractivity contribution is -0.181. The minimum Gasteiger partial charge on any atom is -0.399 e. The Labute approximate surface area is 116 Å². The van der Waals surface area contributed by atoms with Gasteiger partial charge in [0.2, 0.25) is 0 Å².